The Bertz CT molecular complexity index is 129. The van der Waals surface area contributed by atoms with Crippen LogP contribution in [0.4, 0.5) is 0 Å². The Hall–Kier alpha value is -0.300. The molecule has 0 saturated heterocycles. The average molecular weight is 170 g/mol. The van der Waals surface area contributed by atoms with Crippen LogP contribution in [0, 0.1) is 5.92 Å². The summed E-state index contributed by atoms with van der Waals surface area (Å²) in [6.45, 7) is 10.0. The van der Waals surface area contributed by atoms with Crippen LogP contribution in [0.2, 0.25) is 0 Å². The van der Waals surface area contributed by atoms with Gasteiger partial charge < -0.3 is 5.11 Å². The van der Waals surface area contributed by atoms with Gasteiger partial charge in [0.15, 0.2) is 0 Å². The summed E-state index contributed by atoms with van der Waals surface area (Å²) < 4.78 is 0. The predicted octanol–water partition coefficient (Wildman–Crippen LogP) is 3.14. The van der Waals surface area contributed by atoms with Crippen molar-refractivity contribution in [1.29, 1.82) is 0 Å². The van der Waals surface area contributed by atoms with Gasteiger partial charge in [-0.3, -0.25) is 0 Å². The maximum Gasteiger partial charge on any atom is 0.0602 e. The van der Waals surface area contributed by atoms with Crippen molar-refractivity contribution >= 4 is 0 Å². The molecule has 0 aliphatic heterocycles. The molecule has 1 N–H and O–H groups in total. The van der Waals surface area contributed by atoms with Gasteiger partial charge in [-0.05, 0) is 13.3 Å². The van der Waals surface area contributed by atoms with Crippen molar-refractivity contribution in [3.05, 3.63) is 12.2 Å². The normalized spacial score (nSPS) is 15.7. The molecule has 0 aliphatic rings. The molecule has 0 aromatic rings. The van der Waals surface area contributed by atoms with Gasteiger partial charge in [0, 0.05) is 5.92 Å². The summed E-state index contributed by atoms with van der Waals surface area (Å²) in [5.41, 5.74) is 1.08. The lowest BCUT2D eigenvalue weighted by atomic mass is 9.94. The predicted molar refractivity (Wildman–Crippen MR) is 54.1 cm³/mol. The minimum atomic E-state index is -0.186. The highest BCUT2D eigenvalue weighted by molar-refractivity contribution is 4.96. The Balaban J connectivity index is 3.56. The van der Waals surface area contributed by atoms with Gasteiger partial charge in [0.2, 0.25) is 0 Å². The van der Waals surface area contributed by atoms with E-state index < -0.39 is 0 Å². The van der Waals surface area contributed by atoms with Crippen molar-refractivity contribution < 1.29 is 5.11 Å². The Morgan fingerprint density at radius 1 is 1.42 bits per heavy atom. The van der Waals surface area contributed by atoms with Gasteiger partial charge in [0.1, 0.15) is 0 Å². The topological polar surface area (TPSA) is 20.2 Å². The molecule has 72 valence electrons. The molecule has 0 radical (unpaired) electrons. The minimum absolute atomic E-state index is 0.186. The van der Waals surface area contributed by atoms with Crippen molar-refractivity contribution in [2.75, 3.05) is 0 Å². The molecule has 0 rings (SSSR count). The number of hydrogen-bond acceptors (Lipinski definition) is 1. The number of aliphatic hydroxyl groups is 1. The maximum absolute atomic E-state index is 9.65. The van der Waals surface area contributed by atoms with Gasteiger partial charge in [-0.1, -0.05) is 45.3 Å². The zero-order valence-corrected chi connectivity index (χ0v) is 8.64. The maximum atomic E-state index is 9.65. The van der Waals surface area contributed by atoms with E-state index in [-0.39, 0.29) is 12.0 Å². The molecule has 0 heterocycles. The van der Waals surface area contributed by atoms with Crippen LogP contribution in [-0.2, 0) is 0 Å². The first-order valence-electron chi connectivity index (χ1n) is 4.93. The summed E-state index contributed by atoms with van der Waals surface area (Å²) >= 11 is 0. The highest BCUT2D eigenvalue weighted by atomic mass is 16.3. The van der Waals surface area contributed by atoms with Crippen LogP contribution in [0.5, 0.6) is 0 Å². The lowest BCUT2D eigenvalue weighted by molar-refractivity contribution is 0.120. The second-order valence-corrected chi connectivity index (χ2v) is 3.70. The molecule has 0 fully saturated rings. The largest absolute Gasteiger partial charge is 0.393 e. The lowest BCUT2D eigenvalue weighted by Crippen LogP contribution is -2.17. The highest BCUT2D eigenvalue weighted by Gasteiger charge is 2.13. The molecule has 0 bridgehead atoms. The summed E-state index contributed by atoms with van der Waals surface area (Å²) in [7, 11) is 0. The quantitative estimate of drug-likeness (QED) is 0.479. The molecule has 0 aromatic heterocycles. The summed E-state index contributed by atoms with van der Waals surface area (Å²) in [5.74, 6) is 0.252. The smallest absolute Gasteiger partial charge is 0.0602 e. The van der Waals surface area contributed by atoms with E-state index in [1.54, 1.807) is 0 Å². The molecule has 1 nitrogen and oxygen atoms in total. The molecule has 0 aliphatic carbocycles. The Morgan fingerprint density at radius 2 is 2.00 bits per heavy atom. The number of aliphatic hydroxyl groups excluding tert-OH is 1. The van der Waals surface area contributed by atoms with Crippen molar-refractivity contribution in [1.82, 2.24) is 0 Å². The Kier molecular flexibility index (Phi) is 6.09. The van der Waals surface area contributed by atoms with E-state index in [9.17, 15) is 5.11 Å². The van der Waals surface area contributed by atoms with Crippen LogP contribution in [-0.4, -0.2) is 11.2 Å². The van der Waals surface area contributed by atoms with Gasteiger partial charge in [-0.25, -0.2) is 0 Å². The van der Waals surface area contributed by atoms with Gasteiger partial charge in [0.05, 0.1) is 6.10 Å². The molecule has 12 heavy (non-hydrogen) atoms. The molecular weight excluding hydrogens is 148 g/mol. The fourth-order valence-corrected chi connectivity index (χ4v) is 1.18. The summed E-state index contributed by atoms with van der Waals surface area (Å²) in [6, 6.07) is 0. The first kappa shape index (κ1) is 11.7. The third kappa shape index (κ3) is 4.55. The molecule has 0 aromatic carbocycles. The van der Waals surface area contributed by atoms with Gasteiger partial charge in [-0.15, -0.1) is 0 Å². The average Bonchev–Trinajstić information content (AvgIpc) is 2.03. The van der Waals surface area contributed by atoms with Gasteiger partial charge in [0.25, 0.3) is 0 Å². The SMILES string of the molecule is C=C(C)[C@@H](C)[C@@H](O)CCCCC. The Morgan fingerprint density at radius 3 is 2.42 bits per heavy atom. The van der Waals surface area contributed by atoms with E-state index >= 15 is 0 Å². The van der Waals surface area contributed by atoms with E-state index in [0.717, 1.165) is 18.4 Å². The summed E-state index contributed by atoms with van der Waals surface area (Å²) in [6.07, 6.45) is 4.31. The molecule has 0 saturated carbocycles. The monoisotopic (exact) mass is 170 g/mol. The zero-order chi connectivity index (χ0) is 9.56. The third-order valence-corrected chi connectivity index (χ3v) is 2.46. The van der Waals surface area contributed by atoms with Gasteiger partial charge in [-0.2, -0.15) is 0 Å². The van der Waals surface area contributed by atoms with Crippen LogP contribution in [0.3, 0.4) is 0 Å². The zero-order valence-electron chi connectivity index (χ0n) is 8.64. The first-order chi connectivity index (χ1) is 5.59. The standard InChI is InChI=1S/C11H22O/c1-5-6-7-8-11(12)10(4)9(2)3/h10-12H,2,5-8H2,1,3-4H3/t10-,11+/m1/s1. The lowest BCUT2D eigenvalue weighted by Gasteiger charge is -2.18. The fourth-order valence-electron chi connectivity index (χ4n) is 1.18. The van der Waals surface area contributed by atoms with Crippen molar-refractivity contribution in [2.45, 2.75) is 52.6 Å². The molecule has 2 atom stereocenters. The fraction of sp³-hybridized carbons (Fsp3) is 0.818. The second-order valence-electron chi connectivity index (χ2n) is 3.70. The highest BCUT2D eigenvalue weighted by Crippen LogP contribution is 2.17. The van der Waals surface area contributed by atoms with Crippen LogP contribution < -0.4 is 0 Å². The summed E-state index contributed by atoms with van der Waals surface area (Å²) in [5, 5.41) is 9.65. The third-order valence-electron chi connectivity index (χ3n) is 2.46. The number of rotatable bonds is 6. The first-order valence-corrected chi connectivity index (χ1v) is 4.93. The Labute approximate surface area is 76.5 Å². The number of hydrogen-bond donors (Lipinski definition) is 1. The van der Waals surface area contributed by atoms with E-state index in [4.69, 9.17) is 0 Å². The van der Waals surface area contributed by atoms with Crippen LogP contribution >= 0.6 is 0 Å². The molecule has 0 unspecified atom stereocenters. The number of unbranched alkanes of at least 4 members (excludes halogenated alkanes) is 2. The van der Waals surface area contributed by atoms with E-state index in [1.807, 2.05) is 13.8 Å². The van der Waals surface area contributed by atoms with Crippen molar-refractivity contribution in [2.24, 2.45) is 5.92 Å². The van der Waals surface area contributed by atoms with E-state index in [1.165, 1.54) is 12.8 Å². The molecular formula is C11H22O. The van der Waals surface area contributed by atoms with Crippen LogP contribution in [0.25, 0.3) is 0 Å². The van der Waals surface area contributed by atoms with Gasteiger partial charge >= 0.3 is 0 Å². The second kappa shape index (κ2) is 6.24. The molecule has 0 spiro atoms. The molecule has 0 amide bonds. The van der Waals surface area contributed by atoms with Crippen molar-refractivity contribution in [3.8, 4) is 0 Å². The van der Waals surface area contributed by atoms with Crippen LogP contribution in [0.1, 0.15) is 46.5 Å². The van der Waals surface area contributed by atoms with Crippen LogP contribution in [0.15, 0.2) is 12.2 Å². The molecule has 1 heteroatoms. The minimum Gasteiger partial charge on any atom is -0.393 e. The van der Waals surface area contributed by atoms with E-state index in [2.05, 4.69) is 13.5 Å². The summed E-state index contributed by atoms with van der Waals surface area (Å²) in [4.78, 5) is 0. The van der Waals surface area contributed by atoms with Crippen molar-refractivity contribution in [3.63, 3.8) is 0 Å². The van der Waals surface area contributed by atoms with E-state index in [0.29, 0.717) is 0 Å².